The van der Waals surface area contributed by atoms with Crippen LogP contribution in [0.25, 0.3) is 0 Å². The average Bonchev–Trinajstić information content (AvgIpc) is 2.46. The zero-order valence-electron chi connectivity index (χ0n) is 11.6. The molecule has 1 unspecified atom stereocenters. The van der Waals surface area contributed by atoms with E-state index in [1.807, 2.05) is 18.2 Å². The average molecular weight is 308 g/mol. The highest BCUT2D eigenvalue weighted by molar-refractivity contribution is 6.35. The number of rotatable bonds is 6. The lowest BCUT2D eigenvalue weighted by Crippen LogP contribution is -2.24. The van der Waals surface area contributed by atoms with Gasteiger partial charge in [-0.3, -0.25) is 0 Å². The van der Waals surface area contributed by atoms with Crippen molar-refractivity contribution in [2.45, 2.75) is 25.8 Å². The maximum atomic E-state index is 6.28. The van der Waals surface area contributed by atoms with Gasteiger partial charge in [-0.1, -0.05) is 66.5 Å². The first-order valence-corrected chi connectivity index (χ1v) is 7.68. The molecular weight excluding hydrogens is 289 g/mol. The lowest BCUT2D eigenvalue weighted by Gasteiger charge is -2.20. The van der Waals surface area contributed by atoms with Crippen LogP contribution in [0.2, 0.25) is 10.0 Å². The van der Waals surface area contributed by atoms with E-state index in [1.165, 1.54) is 5.56 Å². The molecule has 0 fully saturated rings. The van der Waals surface area contributed by atoms with Crippen molar-refractivity contribution in [3.8, 4) is 0 Å². The van der Waals surface area contributed by atoms with Gasteiger partial charge in [0.1, 0.15) is 0 Å². The fourth-order valence-corrected chi connectivity index (χ4v) is 2.70. The molecule has 0 aliphatic rings. The number of halogens is 2. The molecule has 0 heterocycles. The molecule has 0 aliphatic heterocycles. The van der Waals surface area contributed by atoms with Crippen molar-refractivity contribution >= 4 is 23.2 Å². The lowest BCUT2D eigenvalue weighted by atomic mass is 9.98. The molecule has 1 N–H and O–H groups in total. The Hall–Kier alpha value is -1.02. The SMILES string of the molecule is CCCNC(Cc1ccc(Cl)cc1Cl)c1ccccc1. The van der Waals surface area contributed by atoms with Crippen LogP contribution in [0.1, 0.15) is 30.5 Å². The molecule has 0 aromatic heterocycles. The maximum Gasteiger partial charge on any atom is 0.0453 e. The fourth-order valence-electron chi connectivity index (χ4n) is 2.22. The van der Waals surface area contributed by atoms with Gasteiger partial charge in [0.05, 0.1) is 0 Å². The molecule has 0 bridgehead atoms. The summed E-state index contributed by atoms with van der Waals surface area (Å²) in [5.74, 6) is 0. The minimum absolute atomic E-state index is 0.273. The molecule has 0 radical (unpaired) electrons. The molecule has 20 heavy (non-hydrogen) atoms. The molecule has 2 rings (SSSR count). The number of hydrogen-bond acceptors (Lipinski definition) is 1. The highest BCUT2D eigenvalue weighted by Crippen LogP contribution is 2.26. The van der Waals surface area contributed by atoms with Gasteiger partial charge < -0.3 is 5.32 Å². The van der Waals surface area contributed by atoms with Crippen LogP contribution in [0.3, 0.4) is 0 Å². The van der Waals surface area contributed by atoms with E-state index in [9.17, 15) is 0 Å². The summed E-state index contributed by atoms with van der Waals surface area (Å²) in [6, 6.07) is 16.5. The summed E-state index contributed by atoms with van der Waals surface area (Å²) < 4.78 is 0. The van der Waals surface area contributed by atoms with Crippen molar-refractivity contribution in [2.75, 3.05) is 6.54 Å². The molecule has 3 heteroatoms. The van der Waals surface area contributed by atoms with Crippen LogP contribution in [-0.4, -0.2) is 6.54 Å². The van der Waals surface area contributed by atoms with Gasteiger partial charge in [0.2, 0.25) is 0 Å². The van der Waals surface area contributed by atoms with E-state index in [1.54, 1.807) is 6.07 Å². The second-order valence-corrected chi connectivity index (χ2v) is 5.70. The van der Waals surface area contributed by atoms with Crippen molar-refractivity contribution in [3.63, 3.8) is 0 Å². The highest BCUT2D eigenvalue weighted by atomic mass is 35.5. The zero-order valence-corrected chi connectivity index (χ0v) is 13.1. The molecule has 0 aliphatic carbocycles. The molecule has 1 nitrogen and oxygen atoms in total. The van der Waals surface area contributed by atoms with Crippen molar-refractivity contribution < 1.29 is 0 Å². The summed E-state index contributed by atoms with van der Waals surface area (Å²) in [5, 5.41) is 4.99. The van der Waals surface area contributed by atoms with E-state index in [0.717, 1.165) is 30.0 Å². The normalized spacial score (nSPS) is 12.3. The van der Waals surface area contributed by atoms with E-state index < -0.39 is 0 Å². The summed E-state index contributed by atoms with van der Waals surface area (Å²) >= 11 is 12.2. The monoisotopic (exact) mass is 307 g/mol. The first-order valence-electron chi connectivity index (χ1n) is 6.93. The van der Waals surface area contributed by atoms with Gasteiger partial charge in [-0.05, 0) is 42.6 Å². The van der Waals surface area contributed by atoms with Crippen molar-refractivity contribution in [2.24, 2.45) is 0 Å². The van der Waals surface area contributed by atoms with E-state index in [2.05, 4.69) is 36.5 Å². The number of nitrogens with one attached hydrogen (secondary N) is 1. The lowest BCUT2D eigenvalue weighted by molar-refractivity contribution is 0.529. The van der Waals surface area contributed by atoms with Gasteiger partial charge in [0.15, 0.2) is 0 Å². The van der Waals surface area contributed by atoms with Crippen LogP contribution in [0.15, 0.2) is 48.5 Å². The van der Waals surface area contributed by atoms with E-state index in [4.69, 9.17) is 23.2 Å². The second kappa shape index (κ2) is 7.68. The molecule has 2 aromatic rings. The fraction of sp³-hybridized carbons (Fsp3) is 0.294. The van der Waals surface area contributed by atoms with Crippen LogP contribution in [0.4, 0.5) is 0 Å². The van der Waals surface area contributed by atoms with E-state index in [0.29, 0.717) is 5.02 Å². The third-order valence-electron chi connectivity index (χ3n) is 3.28. The predicted molar refractivity (Wildman–Crippen MR) is 87.6 cm³/mol. The Bertz CT molecular complexity index is 540. The van der Waals surface area contributed by atoms with Crippen LogP contribution < -0.4 is 5.32 Å². The third-order valence-corrected chi connectivity index (χ3v) is 3.87. The summed E-state index contributed by atoms with van der Waals surface area (Å²) in [5.41, 5.74) is 2.40. The Balaban J connectivity index is 2.19. The first-order chi connectivity index (χ1) is 9.70. The van der Waals surface area contributed by atoms with Crippen molar-refractivity contribution in [1.82, 2.24) is 5.32 Å². The van der Waals surface area contributed by atoms with Crippen LogP contribution in [0, 0.1) is 0 Å². The summed E-state index contributed by atoms with van der Waals surface area (Å²) in [6.07, 6.45) is 1.97. The minimum atomic E-state index is 0.273. The largest absolute Gasteiger partial charge is 0.310 e. The van der Waals surface area contributed by atoms with E-state index in [-0.39, 0.29) is 6.04 Å². The molecule has 1 atom stereocenters. The highest BCUT2D eigenvalue weighted by Gasteiger charge is 2.13. The Morgan fingerprint density at radius 3 is 2.45 bits per heavy atom. The quantitative estimate of drug-likeness (QED) is 0.766. The Morgan fingerprint density at radius 1 is 1.05 bits per heavy atom. The Morgan fingerprint density at radius 2 is 1.80 bits per heavy atom. The van der Waals surface area contributed by atoms with Crippen molar-refractivity contribution in [1.29, 1.82) is 0 Å². The Labute approximate surface area is 130 Å². The Kier molecular flexibility index (Phi) is 5.90. The van der Waals surface area contributed by atoms with Gasteiger partial charge in [-0.25, -0.2) is 0 Å². The summed E-state index contributed by atoms with van der Waals surface area (Å²) in [6.45, 7) is 3.16. The van der Waals surface area contributed by atoms with Gasteiger partial charge in [-0.15, -0.1) is 0 Å². The van der Waals surface area contributed by atoms with Gasteiger partial charge in [-0.2, -0.15) is 0 Å². The molecule has 0 amide bonds. The van der Waals surface area contributed by atoms with Crippen LogP contribution in [0.5, 0.6) is 0 Å². The topological polar surface area (TPSA) is 12.0 Å². The summed E-state index contributed by atoms with van der Waals surface area (Å²) in [4.78, 5) is 0. The van der Waals surface area contributed by atoms with Crippen molar-refractivity contribution in [3.05, 3.63) is 69.7 Å². The molecular formula is C17H19Cl2N. The molecule has 0 spiro atoms. The third kappa shape index (κ3) is 4.24. The number of hydrogen-bond donors (Lipinski definition) is 1. The van der Waals surface area contributed by atoms with Gasteiger partial charge >= 0.3 is 0 Å². The summed E-state index contributed by atoms with van der Waals surface area (Å²) in [7, 11) is 0. The molecule has 2 aromatic carbocycles. The molecule has 0 saturated heterocycles. The number of benzene rings is 2. The smallest absolute Gasteiger partial charge is 0.0453 e. The first kappa shape index (κ1) is 15.4. The predicted octanol–water partition coefficient (Wildman–Crippen LogP) is 5.28. The maximum absolute atomic E-state index is 6.28. The van der Waals surface area contributed by atoms with Crippen LogP contribution >= 0.6 is 23.2 Å². The molecule has 106 valence electrons. The van der Waals surface area contributed by atoms with Gasteiger partial charge in [0.25, 0.3) is 0 Å². The zero-order chi connectivity index (χ0) is 14.4. The second-order valence-electron chi connectivity index (χ2n) is 4.86. The minimum Gasteiger partial charge on any atom is -0.310 e. The van der Waals surface area contributed by atoms with Gasteiger partial charge in [0, 0.05) is 16.1 Å². The van der Waals surface area contributed by atoms with E-state index >= 15 is 0 Å². The standard InChI is InChI=1S/C17H19Cl2N/c1-2-10-20-17(13-6-4-3-5-7-13)11-14-8-9-15(18)12-16(14)19/h3-9,12,17,20H,2,10-11H2,1H3. The molecule has 0 saturated carbocycles. The van der Waals surface area contributed by atoms with Crippen LogP contribution in [-0.2, 0) is 6.42 Å².